The third-order valence-electron chi connectivity index (χ3n) is 3.89. The molecule has 1 aliphatic carbocycles. The van der Waals surface area contributed by atoms with E-state index in [0.29, 0.717) is 12.6 Å². The van der Waals surface area contributed by atoms with Crippen LogP contribution in [0.15, 0.2) is 29.3 Å². The van der Waals surface area contributed by atoms with E-state index in [-0.39, 0.29) is 24.0 Å². The molecule has 22 heavy (non-hydrogen) atoms. The van der Waals surface area contributed by atoms with E-state index >= 15 is 0 Å². The van der Waals surface area contributed by atoms with Gasteiger partial charge >= 0.3 is 0 Å². The maximum atomic E-state index is 5.38. The van der Waals surface area contributed by atoms with Crippen LogP contribution in [0.1, 0.15) is 44.6 Å². The molecule has 124 valence electrons. The number of benzene rings is 1. The number of para-hydroxylation sites is 1. The maximum absolute atomic E-state index is 5.38. The van der Waals surface area contributed by atoms with Crippen molar-refractivity contribution in [2.24, 2.45) is 4.99 Å². The van der Waals surface area contributed by atoms with Gasteiger partial charge in [0.2, 0.25) is 0 Å². The van der Waals surface area contributed by atoms with E-state index in [2.05, 4.69) is 23.6 Å². The summed E-state index contributed by atoms with van der Waals surface area (Å²) in [6.07, 6.45) is 6.51. The SMILES string of the molecule is CCNC(=NCc1ccccc1OC)NC1CCCCC1.I. The van der Waals surface area contributed by atoms with E-state index in [1.54, 1.807) is 7.11 Å². The maximum Gasteiger partial charge on any atom is 0.191 e. The number of aliphatic imine (C=N–C) groups is 1. The van der Waals surface area contributed by atoms with Crippen LogP contribution in [-0.2, 0) is 6.54 Å². The molecule has 0 radical (unpaired) electrons. The molecule has 5 heteroatoms. The van der Waals surface area contributed by atoms with Gasteiger partial charge in [0.05, 0.1) is 13.7 Å². The van der Waals surface area contributed by atoms with Crippen LogP contribution in [0, 0.1) is 0 Å². The fraction of sp³-hybridized carbons (Fsp3) is 0.588. The van der Waals surface area contributed by atoms with Crippen molar-refractivity contribution >= 4 is 29.9 Å². The minimum atomic E-state index is 0. The first kappa shape index (κ1) is 19.1. The summed E-state index contributed by atoms with van der Waals surface area (Å²) in [6, 6.07) is 8.61. The first-order chi connectivity index (χ1) is 10.3. The van der Waals surface area contributed by atoms with Crippen LogP contribution in [0.25, 0.3) is 0 Å². The smallest absolute Gasteiger partial charge is 0.191 e. The molecular weight excluding hydrogens is 389 g/mol. The van der Waals surface area contributed by atoms with Crippen LogP contribution in [-0.4, -0.2) is 25.7 Å². The summed E-state index contributed by atoms with van der Waals surface area (Å²) in [5, 5.41) is 6.90. The van der Waals surface area contributed by atoms with Crippen molar-refractivity contribution in [2.75, 3.05) is 13.7 Å². The number of halogens is 1. The van der Waals surface area contributed by atoms with Crippen LogP contribution < -0.4 is 15.4 Å². The Morgan fingerprint density at radius 2 is 1.95 bits per heavy atom. The number of guanidine groups is 1. The van der Waals surface area contributed by atoms with E-state index in [4.69, 9.17) is 9.73 Å². The molecule has 0 heterocycles. The average molecular weight is 417 g/mol. The lowest BCUT2D eigenvalue weighted by atomic mass is 9.96. The molecule has 2 rings (SSSR count). The van der Waals surface area contributed by atoms with Gasteiger partial charge in [0.1, 0.15) is 5.75 Å². The Morgan fingerprint density at radius 1 is 1.23 bits per heavy atom. The van der Waals surface area contributed by atoms with Crippen LogP contribution >= 0.6 is 24.0 Å². The number of nitrogens with one attached hydrogen (secondary N) is 2. The third-order valence-corrected chi connectivity index (χ3v) is 3.89. The van der Waals surface area contributed by atoms with Gasteiger partial charge in [0.25, 0.3) is 0 Å². The van der Waals surface area contributed by atoms with Gasteiger partial charge in [-0.25, -0.2) is 4.99 Å². The molecule has 0 bridgehead atoms. The predicted molar refractivity (Wildman–Crippen MR) is 103 cm³/mol. The summed E-state index contributed by atoms with van der Waals surface area (Å²) >= 11 is 0. The molecule has 1 fully saturated rings. The van der Waals surface area contributed by atoms with Crippen molar-refractivity contribution < 1.29 is 4.74 Å². The molecule has 1 saturated carbocycles. The van der Waals surface area contributed by atoms with Gasteiger partial charge in [0.15, 0.2) is 5.96 Å². The van der Waals surface area contributed by atoms with Crippen molar-refractivity contribution in [2.45, 2.75) is 51.6 Å². The van der Waals surface area contributed by atoms with Gasteiger partial charge in [0, 0.05) is 18.2 Å². The largest absolute Gasteiger partial charge is 0.496 e. The summed E-state index contributed by atoms with van der Waals surface area (Å²) in [6.45, 7) is 3.61. The Bertz CT molecular complexity index is 459. The fourth-order valence-corrected chi connectivity index (χ4v) is 2.76. The molecule has 0 atom stereocenters. The first-order valence-electron chi connectivity index (χ1n) is 8.00. The highest BCUT2D eigenvalue weighted by molar-refractivity contribution is 14.0. The molecule has 0 unspecified atom stereocenters. The zero-order valence-electron chi connectivity index (χ0n) is 13.6. The van der Waals surface area contributed by atoms with Crippen molar-refractivity contribution in [3.63, 3.8) is 0 Å². The predicted octanol–water partition coefficient (Wildman–Crippen LogP) is 3.70. The zero-order chi connectivity index (χ0) is 14.9. The van der Waals surface area contributed by atoms with Gasteiger partial charge in [-0.1, -0.05) is 37.5 Å². The molecule has 0 spiro atoms. The quantitative estimate of drug-likeness (QED) is 0.436. The Balaban J connectivity index is 0.00000242. The molecule has 0 amide bonds. The lowest BCUT2D eigenvalue weighted by Gasteiger charge is -2.24. The highest BCUT2D eigenvalue weighted by Gasteiger charge is 2.14. The van der Waals surface area contributed by atoms with Crippen molar-refractivity contribution in [3.8, 4) is 5.75 Å². The van der Waals surface area contributed by atoms with Crippen LogP contribution in [0.2, 0.25) is 0 Å². The minimum absolute atomic E-state index is 0. The van der Waals surface area contributed by atoms with Gasteiger partial charge < -0.3 is 15.4 Å². The summed E-state index contributed by atoms with van der Waals surface area (Å²) in [5.74, 6) is 1.81. The number of hydrogen-bond donors (Lipinski definition) is 2. The Labute approximate surface area is 151 Å². The molecule has 1 aliphatic rings. The molecule has 2 N–H and O–H groups in total. The van der Waals surface area contributed by atoms with Gasteiger partial charge in [-0.05, 0) is 25.8 Å². The summed E-state index contributed by atoms with van der Waals surface area (Å²) in [5.41, 5.74) is 1.11. The standard InChI is InChI=1S/C17H27N3O.HI/c1-3-18-17(20-15-10-5-4-6-11-15)19-13-14-9-7-8-12-16(14)21-2;/h7-9,12,15H,3-6,10-11,13H2,1-2H3,(H2,18,19,20);1H. The van der Waals surface area contributed by atoms with E-state index in [1.807, 2.05) is 18.2 Å². The lowest BCUT2D eigenvalue weighted by Crippen LogP contribution is -2.44. The van der Waals surface area contributed by atoms with Crippen molar-refractivity contribution in [3.05, 3.63) is 29.8 Å². The monoisotopic (exact) mass is 417 g/mol. The van der Waals surface area contributed by atoms with Crippen LogP contribution in [0.4, 0.5) is 0 Å². The molecule has 0 aliphatic heterocycles. The second-order valence-corrected chi connectivity index (χ2v) is 5.49. The normalized spacial score (nSPS) is 15.8. The van der Waals surface area contributed by atoms with Gasteiger partial charge in [-0.3, -0.25) is 0 Å². The summed E-state index contributed by atoms with van der Waals surface area (Å²) in [7, 11) is 1.70. The Kier molecular flexibility index (Phi) is 9.27. The van der Waals surface area contributed by atoms with Crippen LogP contribution in [0.3, 0.4) is 0 Å². The van der Waals surface area contributed by atoms with Gasteiger partial charge in [-0.2, -0.15) is 0 Å². The van der Waals surface area contributed by atoms with E-state index in [1.165, 1.54) is 32.1 Å². The number of rotatable bonds is 5. The molecular formula is C17H28IN3O. The topological polar surface area (TPSA) is 45.7 Å². The number of nitrogens with zero attached hydrogens (tertiary/aromatic N) is 1. The third kappa shape index (κ3) is 6.02. The average Bonchev–Trinajstić information content (AvgIpc) is 2.54. The summed E-state index contributed by atoms with van der Waals surface area (Å²) < 4.78 is 5.38. The minimum Gasteiger partial charge on any atom is -0.496 e. The van der Waals surface area contributed by atoms with E-state index in [0.717, 1.165) is 23.8 Å². The van der Waals surface area contributed by atoms with Crippen molar-refractivity contribution in [1.82, 2.24) is 10.6 Å². The summed E-state index contributed by atoms with van der Waals surface area (Å²) in [4.78, 5) is 4.70. The van der Waals surface area contributed by atoms with E-state index in [9.17, 15) is 0 Å². The second-order valence-electron chi connectivity index (χ2n) is 5.49. The lowest BCUT2D eigenvalue weighted by molar-refractivity contribution is 0.408. The zero-order valence-corrected chi connectivity index (χ0v) is 15.9. The molecule has 0 aromatic heterocycles. The number of hydrogen-bond acceptors (Lipinski definition) is 2. The molecule has 1 aromatic rings. The number of methoxy groups -OCH3 is 1. The highest BCUT2D eigenvalue weighted by atomic mass is 127. The second kappa shape index (κ2) is 10.7. The number of ether oxygens (including phenoxy) is 1. The van der Waals surface area contributed by atoms with E-state index < -0.39 is 0 Å². The fourth-order valence-electron chi connectivity index (χ4n) is 2.76. The highest BCUT2D eigenvalue weighted by Crippen LogP contribution is 2.19. The Hall–Kier alpha value is -0.980. The molecule has 0 saturated heterocycles. The first-order valence-corrected chi connectivity index (χ1v) is 8.00. The Morgan fingerprint density at radius 3 is 2.64 bits per heavy atom. The van der Waals surface area contributed by atoms with Crippen molar-refractivity contribution in [1.29, 1.82) is 0 Å². The van der Waals surface area contributed by atoms with Crippen LogP contribution in [0.5, 0.6) is 5.75 Å². The van der Waals surface area contributed by atoms with Gasteiger partial charge in [-0.15, -0.1) is 24.0 Å². The molecule has 1 aromatic carbocycles. The molecule has 4 nitrogen and oxygen atoms in total.